The number of amides is 2. The predicted octanol–water partition coefficient (Wildman–Crippen LogP) is 2.91. The minimum atomic E-state index is -0.708. The van der Waals surface area contributed by atoms with Crippen LogP contribution >= 0.6 is 0 Å². The van der Waals surface area contributed by atoms with Crippen LogP contribution in [-0.4, -0.2) is 51.4 Å². The molecule has 1 saturated heterocycles. The fourth-order valence-electron chi connectivity index (χ4n) is 4.78. The van der Waals surface area contributed by atoms with Crippen LogP contribution in [0.3, 0.4) is 0 Å². The van der Waals surface area contributed by atoms with Crippen molar-refractivity contribution in [1.29, 1.82) is 0 Å². The Bertz CT molecular complexity index is 831. The standard InChI is InChI=1S/C24H37N5O2/c1-16(2)21(31)28-24(14-29(15-24)19-10-8-7-9-11-19)13-20(30)27-23(5,6)22-25-17(3)12-18(4)26-22/h12,19H,1,7-11,13-15H2,2-6H3,(H,27,30)(H,28,31). The van der Waals surface area contributed by atoms with Gasteiger partial charge in [0.2, 0.25) is 11.8 Å². The van der Waals surface area contributed by atoms with Gasteiger partial charge in [0.15, 0.2) is 5.82 Å². The van der Waals surface area contributed by atoms with Gasteiger partial charge in [0.25, 0.3) is 0 Å². The number of rotatable bonds is 7. The number of aryl methyl sites for hydroxylation is 2. The fourth-order valence-corrected chi connectivity index (χ4v) is 4.78. The molecule has 2 aliphatic rings. The number of carbonyl (C=O) groups is 2. The molecule has 2 heterocycles. The Kier molecular flexibility index (Phi) is 6.84. The summed E-state index contributed by atoms with van der Waals surface area (Å²) in [5, 5.41) is 6.19. The molecule has 31 heavy (non-hydrogen) atoms. The molecule has 2 N–H and O–H groups in total. The van der Waals surface area contributed by atoms with Gasteiger partial charge in [-0.1, -0.05) is 25.8 Å². The van der Waals surface area contributed by atoms with Gasteiger partial charge in [-0.25, -0.2) is 9.97 Å². The highest BCUT2D eigenvalue weighted by Gasteiger charge is 2.48. The average Bonchev–Trinajstić information content (AvgIpc) is 2.64. The summed E-state index contributed by atoms with van der Waals surface area (Å²) >= 11 is 0. The molecule has 3 rings (SSSR count). The Morgan fingerprint density at radius 3 is 2.29 bits per heavy atom. The second kappa shape index (κ2) is 9.07. The van der Waals surface area contributed by atoms with Crippen molar-refractivity contribution in [3.05, 3.63) is 35.4 Å². The van der Waals surface area contributed by atoms with E-state index in [1.807, 2.05) is 33.8 Å². The molecule has 1 aromatic heterocycles. The average molecular weight is 428 g/mol. The minimum Gasteiger partial charge on any atom is -0.344 e. The van der Waals surface area contributed by atoms with Crippen LogP contribution in [0.15, 0.2) is 18.2 Å². The van der Waals surface area contributed by atoms with Gasteiger partial charge < -0.3 is 10.6 Å². The number of hydrogen-bond donors (Lipinski definition) is 2. The summed E-state index contributed by atoms with van der Waals surface area (Å²) < 4.78 is 0. The molecular weight excluding hydrogens is 390 g/mol. The normalized spacial score (nSPS) is 19.4. The number of nitrogens with zero attached hydrogens (tertiary/aromatic N) is 3. The third-order valence-corrected chi connectivity index (χ3v) is 6.36. The Balaban J connectivity index is 1.69. The van der Waals surface area contributed by atoms with Crippen molar-refractivity contribution in [3.8, 4) is 0 Å². The number of nitrogens with one attached hydrogen (secondary N) is 2. The Morgan fingerprint density at radius 2 is 1.74 bits per heavy atom. The summed E-state index contributed by atoms with van der Waals surface area (Å²) in [5.41, 5.74) is 0.936. The van der Waals surface area contributed by atoms with Crippen molar-refractivity contribution < 1.29 is 9.59 Å². The van der Waals surface area contributed by atoms with E-state index < -0.39 is 11.1 Å². The van der Waals surface area contributed by atoms with E-state index >= 15 is 0 Å². The molecular formula is C24H37N5O2. The first-order valence-corrected chi connectivity index (χ1v) is 11.4. The Labute approximate surface area is 186 Å². The van der Waals surface area contributed by atoms with Crippen molar-refractivity contribution in [1.82, 2.24) is 25.5 Å². The molecule has 2 amide bonds. The Morgan fingerprint density at radius 1 is 1.16 bits per heavy atom. The van der Waals surface area contributed by atoms with E-state index in [2.05, 4.69) is 32.1 Å². The van der Waals surface area contributed by atoms with E-state index in [0.29, 0.717) is 30.5 Å². The zero-order valence-electron chi connectivity index (χ0n) is 19.7. The molecule has 0 bridgehead atoms. The van der Waals surface area contributed by atoms with E-state index in [9.17, 15) is 9.59 Å². The zero-order valence-corrected chi connectivity index (χ0v) is 19.7. The first-order valence-electron chi connectivity index (χ1n) is 11.4. The predicted molar refractivity (Wildman–Crippen MR) is 121 cm³/mol. The van der Waals surface area contributed by atoms with Crippen LogP contribution in [-0.2, 0) is 15.1 Å². The summed E-state index contributed by atoms with van der Waals surface area (Å²) in [6.45, 7) is 14.5. The smallest absolute Gasteiger partial charge is 0.246 e. The van der Waals surface area contributed by atoms with E-state index in [0.717, 1.165) is 11.4 Å². The molecule has 1 aliphatic carbocycles. The molecule has 0 spiro atoms. The number of hydrogen-bond acceptors (Lipinski definition) is 5. The molecule has 170 valence electrons. The largest absolute Gasteiger partial charge is 0.344 e. The van der Waals surface area contributed by atoms with Gasteiger partial charge in [-0.2, -0.15) is 0 Å². The quantitative estimate of drug-likeness (QED) is 0.654. The van der Waals surface area contributed by atoms with Gasteiger partial charge >= 0.3 is 0 Å². The zero-order chi connectivity index (χ0) is 22.8. The molecule has 0 unspecified atom stereocenters. The summed E-state index contributed by atoms with van der Waals surface area (Å²) in [4.78, 5) is 37.0. The maximum absolute atomic E-state index is 13.1. The molecule has 7 heteroatoms. The van der Waals surface area contributed by atoms with Crippen molar-refractivity contribution in [2.75, 3.05) is 13.1 Å². The SMILES string of the molecule is C=C(C)C(=O)NC1(CC(=O)NC(C)(C)c2nc(C)cc(C)n2)CN(C2CCCCC2)C1. The lowest BCUT2D eigenvalue weighted by Gasteiger charge is -2.54. The Hall–Kier alpha value is -2.28. The summed E-state index contributed by atoms with van der Waals surface area (Å²) in [5.74, 6) is 0.293. The molecule has 2 fully saturated rings. The number of aromatic nitrogens is 2. The lowest BCUT2D eigenvalue weighted by Crippen LogP contribution is -2.73. The summed E-state index contributed by atoms with van der Waals surface area (Å²) in [6, 6.07) is 2.48. The van der Waals surface area contributed by atoms with Crippen LogP contribution < -0.4 is 10.6 Å². The van der Waals surface area contributed by atoms with Gasteiger partial charge in [0.05, 0.1) is 17.5 Å². The van der Waals surface area contributed by atoms with E-state index in [-0.39, 0.29) is 18.2 Å². The number of carbonyl (C=O) groups excluding carboxylic acids is 2. The van der Waals surface area contributed by atoms with Gasteiger partial charge in [-0.05, 0) is 53.5 Å². The van der Waals surface area contributed by atoms with Gasteiger partial charge in [-0.3, -0.25) is 14.5 Å². The maximum atomic E-state index is 13.1. The monoisotopic (exact) mass is 427 g/mol. The van der Waals surface area contributed by atoms with Crippen molar-refractivity contribution in [2.45, 2.75) is 90.3 Å². The van der Waals surface area contributed by atoms with Crippen molar-refractivity contribution in [2.24, 2.45) is 0 Å². The summed E-state index contributed by atoms with van der Waals surface area (Å²) in [7, 11) is 0. The second-order valence-electron chi connectivity index (χ2n) is 10.0. The van der Waals surface area contributed by atoms with E-state index in [4.69, 9.17) is 0 Å². The van der Waals surface area contributed by atoms with Crippen molar-refractivity contribution in [3.63, 3.8) is 0 Å². The topological polar surface area (TPSA) is 87.2 Å². The first-order chi connectivity index (χ1) is 14.5. The lowest BCUT2D eigenvalue weighted by molar-refractivity contribution is -0.130. The molecule has 0 atom stereocenters. The van der Waals surface area contributed by atoms with E-state index in [1.165, 1.54) is 32.1 Å². The summed E-state index contributed by atoms with van der Waals surface area (Å²) in [6.07, 6.45) is 6.46. The highest BCUT2D eigenvalue weighted by Crippen LogP contribution is 2.33. The highest BCUT2D eigenvalue weighted by atomic mass is 16.2. The minimum absolute atomic E-state index is 0.113. The fraction of sp³-hybridized carbons (Fsp3) is 0.667. The lowest BCUT2D eigenvalue weighted by atomic mass is 9.81. The van der Waals surface area contributed by atoms with Crippen LogP contribution in [0.25, 0.3) is 0 Å². The van der Waals surface area contributed by atoms with Crippen LogP contribution in [0.1, 0.15) is 76.5 Å². The number of likely N-dealkylation sites (tertiary alicyclic amines) is 1. The molecule has 1 aliphatic heterocycles. The van der Waals surface area contributed by atoms with Crippen LogP contribution in [0.2, 0.25) is 0 Å². The highest BCUT2D eigenvalue weighted by molar-refractivity contribution is 5.93. The molecule has 7 nitrogen and oxygen atoms in total. The van der Waals surface area contributed by atoms with Crippen LogP contribution in [0.5, 0.6) is 0 Å². The molecule has 0 radical (unpaired) electrons. The molecule has 1 aromatic rings. The second-order valence-corrected chi connectivity index (χ2v) is 10.0. The van der Waals surface area contributed by atoms with Crippen molar-refractivity contribution >= 4 is 11.8 Å². The maximum Gasteiger partial charge on any atom is 0.246 e. The molecule has 1 saturated carbocycles. The first kappa shape index (κ1) is 23.4. The van der Waals surface area contributed by atoms with E-state index in [1.54, 1.807) is 6.92 Å². The van der Waals surface area contributed by atoms with Gasteiger partial charge in [-0.15, -0.1) is 0 Å². The van der Waals surface area contributed by atoms with Gasteiger partial charge in [0.1, 0.15) is 0 Å². The van der Waals surface area contributed by atoms with Crippen LogP contribution in [0.4, 0.5) is 0 Å². The van der Waals surface area contributed by atoms with Crippen LogP contribution in [0, 0.1) is 13.8 Å². The third kappa shape index (κ3) is 5.70. The van der Waals surface area contributed by atoms with Gasteiger partial charge in [0, 0.05) is 36.1 Å². The third-order valence-electron chi connectivity index (χ3n) is 6.36. The molecule has 0 aromatic carbocycles.